The Kier molecular flexibility index (Phi) is 1.30. The molecule has 2 heterocycles. The number of fused-ring (bicyclic) bond motifs is 1. The Bertz CT molecular complexity index is 433. The van der Waals surface area contributed by atoms with Crippen molar-refractivity contribution in [2.45, 2.75) is 13.8 Å². The predicted octanol–water partition coefficient (Wildman–Crippen LogP) is 0.648. The fraction of sp³-hybridized carbons (Fsp3) is 0.250. The molecule has 4 heteroatoms. The van der Waals surface area contributed by atoms with Gasteiger partial charge in [0.1, 0.15) is 0 Å². The summed E-state index contributed by atoms with van der Waals surface area (Å²) >= 11 is 0. The third-order valence-corrected chi connectivity index (χ3v) is 1.82. The number of H-pyrrole nitrogens is 1. The Balaban J connectivity index is 2.93. The second kappa shape index (κ2) is 2.20. The molecule has 0 saturated carbocycles. The zero-order valence-corrected chi connectivity index (χ0v) is 6.88. The minimum atomic E-state index is -0.227. The van der Waals surface area contributed by atoms with Crippen molar-refractivity contribution in [2.24, 2.45) is 0 Å². The average Bonchev–Trinajstić information content (AvgIpc) is 2.31. The molecule has 0 unspecified atom stereocenters. The Morgan fingerprint density at radius 1 is 1.42 bits per heavy atom. The normalized spacial score (nSPS) is 10.8. The van der Waals surface area contributed by atoms with Crippen LogP contribution < -0.4 is 5.11 Å². The van der Waals surface area contributed by atoms with Gasteiger partial charge in [0, 0.05) is 22.7 Å². The molecule has 12 heavy (non-hydrogen) atoms. The molecule has 0 aliphatic carbocycles. The van der Waals surface area contributed by atoms with E-state index in [4.69, 9.17) is 0 Å². The highest BCUT2D eigenvalue weighted by atomic mass is 16.3. The highest BCUT2D eigenvalue weighted by Crippen LogP contribution is 2.21. The van der Waals surface area contributed by atoms with Crippen molar-refractivity contribution in [1.82, 2.24) is 15.2 Å². The maximum atomic E-state index is 11.1. The van der Waals surface area contributed by atoms with Gasteiger partial charge < -0.3 is 5.11 Å². The van der Waals surface area contributed by atoms with Crippen molar-refractivity contribution < 1.29 is 5.11 Å². The van der Waals surface area contributed by atoms with Gasteiger partial charge in [-0.1, -0.05) is 0 Å². The minimum Gasteiger partial charge on any atom is -0.857 e. The summed E-state index contributed by atoms with van der Waals surface area (Å²) in [5.41, 5.74) is 2.40. The number of nitrogens with one attached hydrogen (secondary N) is 1. The number of aromatic nitrogens is 3. The summed E-state index contributed by atoms with van der Waals surface area (Å²) in [6.07, 6.45) is 0. The molecule has 0 spiro atoms. The summed E-state index contributed by atoms with van der Waals surface area (Å²) in [4.78, 5) is 4.17. The third-order valence-electron chi connectivity index (χ3n) is 1.82. The van der Waals surface area contributed by atoms with Gasteiger partial charge in [-0.15, -0.1) is 0 Å². The van der Waals surface area contributed by atoms with E-state index in [1.54, 1.807) is 0 Å². The fourth-order valence-corrected chi connectivity index (χ4v) is 1.35. The maximum Gasteiger partial charge on any atom is 0.0680 e. The number of nitrogens with zero attached hydrogens (tertiary/aromatic N) is 2. The van der Waals surface area contributed by atoms with E-state index in [9.17, 15) is 5.11 Å². The van der Waals surface area contributed by atoms with Crippen LogP contribution in [0.2, 0.25) is 0 Å². The van der Waals surface area contributed by atoms with Crippen molar-refractivity contribution in [1.29, 1.82) is 0 Å². The summed E-state index contributed by atoms with van der Waals surface area (Å²) in [6.45, 7) is 3.70. The van der Waals surface area contributed by atoms with Crippen LogP contribution in [0.1, 0.15) is 11.4 Å². The van der Waals surface area contributed by atoms with Gasteiger partial charge in [0.05, 0.1) is 5.52 Å². The minimum absolute atomic E-state index is 0.227. The van der Waals surface area contributed by atoms with Crippen molar-refractivity contribution in [2.75, 3.05) is 0 Å². The van der Waals surface area contributed by atoms with Crippen LogP contribution in [0.15, 0.2) is 6.07 Å². The van der Waals surface area contributed by atoms with Gasteiger partial charge in [-0.05, 0) is 19.9 Å². The highest BCUT2D eigenvalue weighted by molar-refractivity contribution is 5.85. The van der Waals surface area contributed by atoms with Crippen LogP contribution in [0.4, 0.5) is 0 Å². The lowest BCUT2D eigenvalue weighted by Gasteiger charge is -2.01. The number of pyridine rings is 1. The molecular weight excluding hydrogens is 154 g/mol. The summed E-state index contributed by atoms with van der Waals surface area (Å²) < 4.78 is 0. The summed E-state index contributed by atoms with van der Waals surface area (Å²) in [6, 6.07) is 1.82. The van der Waals surface area contributed by atoms with Crippen molar-refractivity contribution in [3.63, 3.8) is 0 Å². The summed E-state index contributed by atoms with van der Waals surface area (Å²) in [5.74, 6) is -0.227. The summed E-state index contributed by atoms with van der Waals surface area (Å²) in [7, 11) is 0. The average molecular weight is 162 g/mol. The van der Waals surface area contributed by atoms with Gasteiger partial charge >= 0.3 is 0 Å². The number of aromatic amines is 1. The van der Waals surface area contributed by atoms with E-state index in [2.05, 4.69) is 15.2 Å². The SMILES string of the molecule is Cc1cc2[nH]nc([O-])c2c(C)n1. The van der Waals surface area contributed by atoms with E-state index in [0.717, 1.165) is 16.9 Å². The van der Waals surface area contributed by atoms with Crippen LogP contribution in [0.25, 0.3) is 10.9 Å². The lowest BCUT2D eigenvalue weighted by atomic mass is 10.2. The van der Waals surface area contributed by atoms with Crippen molar-refractivity contribution in [3.8, 4) is 5.88 Å². The van der Waals surface area contributed by atoms with Crippen LogP contribution in [-0.4, -0.2) is 15.2 Å². The second-order valence-electron chi connectivity index (χ2n) is 2.80. The first-order valence-corrected chi connectivity index (χ1v) is 3.68. The molecule has 0 aliphatic rings. The summed E-state index contributed by atoms with van der Waals surface area (Å²) in [5, 5.41) is 18.0. The Morgan fingerprint density at radius 2 is 2.17 bits per heavy atom. The van der Waals surface area contributed by atoms with Crippen molar-refractivity contribution >= 4 is 10.9 Å². The lowest BCUT2D eigenvalue weighted by Crippen LogP contribution is -1.92. The molecule has 0 saturated heterocycles. The first kappa shape index (κ1) is 7.09. The molecule has 0 fully saturated rings. The van der Waals surface area contributed by atoms with Gasteiger partial charge in [0.2, 0.25) is 0 Å². The number of hydrogen-bond acceptors (Lipinski definition) is 3. The Hall–Kier alpha value is -1.58. The van der Waals surface area contributed by atoms with Gasteiger partial charge in [-0.3, -0.25) is 10.1 Å². The standard InChI is InChI=1S/C8H9N3O/c1-4-3-6-7(5(2)9-4)8(12)11-10-6/h3H,1-2H3,(H2,10,11,12)/p-1. The smallest absolute Gasteiger partial charge is 0.0680 e. The molecule has 62 valence electrons. The molecule has 2 aromatic rings. The topological polar surface area (TPSA) is 64.6 Å². The number of aryl methyl sites for hydroxylation is 2. The quantitative estimate of drug-likeness (QED) is 0.618. The second-order valence-corrected chi connectivity index (χ2v) is 2.80. The van der Waals surface area contributed by atoms with E-state index in [0.29, 0.717) is 5.39 Å². The van der Waals surface area contributed by atoms with Crippen LogP contribution >= 0.6 is 0 Å². The maximum absolute atomic E-state index is 11.1. The van der Waals surface area contributed by atoms with E-state index in [1.165, 1.54) is 0 Å². The highest BCUT2D eigenvalue weighted by Gasteiger charge is 2.02. The Morgan fingerprint density at radius 3 is 2.92 bits per heavy atom. The molecule has 4 nitrogen and oxygen atoms in total. The van der Waals surface area contributed by atoms with Gasteiger partial charge in [0.15, 0.2) is 0 Å². The molecule has 0 radical (unpaired) electrons. The van der Waals surface area contributed by atoms with Gasteiger partial charge in [-0.2, -0.15) is 5.10 Å². The van der Waals surface area contributed by atoms with E-state index < -0.39 is 0 Å². The van der Waals surface area contributed by atoms with Crippen LogP contribution in [-0.2, 0) is 0 Å². The molecule has 0 aromatic carbocycles. The third kappa shape index (κ3) is 0.845. The molecule has 0 amide bonds. The molecule has 2 aromatic heterocycles. The first-order chi connectivity index (χ1) is 5.68. The van der Waals surface area contributed by atoms with E-state index in [1.807, 2.05) is 19.9 Å². The number of hydrogen-bond donors (Lipinski definition) is 1. The number of rotatable bonds is 0. The first-order valence-electron chi connectivity index (χ1n) is 3.68. The predicted molar refractivity (Wildman–Crippen MR) is 42.8 cm³/mol. The monoisotopic (exact) mass is 162 g/mol. The van der Waals surface area contributed by atoms with Gasteiger partial charge in [0.25, 0.3) is 0 Å². The van der Waals surface area contributed by atoms with Gasteiger partial charge in [-0.25, -0.2) is 0 Å². The molecule has 2 rings (SSSR count). The van der Waals surface area contributed by atoms with Crippen LogP contribution in [0, 0.1) is 13.8 Å². The molecule has 1 N–H and O–H groups in total. The molecular formula is C8H8N3O-. The lowest BCUT2D eigenvalue weighted by molar-refractivity contribution is -0.272. The fourth-order valence-electron chi connectivity index (χ4n) is 1.35. The largest absolute Gasteiger partial charge is 0.857 e. The zero-order valence-electron chi connectivity index (χ0n) is 6.88. The molecule has 0 bridgehead atoms. The van der Waals surface area contributed by atoms with Crippen molar-refractivity contribution in [3.05, 3.63) is 17.5 Å². The van der Waals surface area contributed by atoms with Crippen LogP contribution in [0.5, 0.6) is 5.88 Å². The van der Waals surface area contributed by atoms with E-state index in [-0.39, 0.29) is 5.88 Å². The molecule has 0 atom stereocenters. The molecule has 0 aliphatic heterocycles. The zero-order chi connectivity index (χ0) is 8.72. The Labute approximate surface area is 69.3 Å². The van der Waals surface area contributed by atoms with Crippen LogP contribution in [0.3, 0.4) is 0 Å². The van der Waals surface area contributed by atoms with E-state index >= 15 is 0 Å².